The Balaban J connectivity index is 5.02. The third-order valence-corrected chi connectivity index (χ3v) is 6.53. The molecule has 1 unspecified atom stereocenters. The molecule has 8 heteroatoms. The van der Waals surface area contributed by atoms with Crippen molar-refractivity contribution in [1.82, 2.24) is 0 Å². The molecule has 0 heterocycles. The monoisotopic (exact) mass is 299 g/mol. The van der Waals surface area contributed by atoms with Crippen LogP contribution in [-0.4, -0.2) is 40.1 Å². The highest BCUT2D eigenvalue weighted by Gasteiger charge is 2.56. The lowest BCUT2D eigenvalue weighted by Gasteiger charge is -2.39. The van der Waals surface area contributed by atoms with Gasteiger partial charge in [-0.15, -0.1) is 9.42 Å². The van der Waals surface area contributed by atoms with Gasteiger partial charge in [-0.1, -0.05) is 13.8 Å². The van der Waals surface area contributed by atoms with Crippen molar-refractivity contribution in [1.29, 1.82) is 0 Å². The number of hydrogen-bond acceptors (Lipinski definition) is 5. The zero-order valence-corrected chi connectivity index (χ0v) is 13.7. The van der Waals surface area contributed by atoms with Crippen molar-refractivity contribution in [3.05, 3.63) is 0 Å². The van der Waals surface area contributed by atoms with Crippen LogP contribution in [0, 0.1) is 0 Å². The smallest absolute Gasteiger partial charge is 0.373 e. The summed E-state index contributed by atoms with van der Waals surface area (Å²) >= 11 is 0. The first-order chi connectivity index (χ1) is 8.35. The van der Waals surface area contributed by atoms with E-state index >= 15 is 0 Å². The maximum Gasteiger partial charge on any atom is 0.694 e. The molecule has 0 fully saturated rings. The molecule has 6 nitrogen and oxygen atoms in total. The summed E-state index contributed by atoms with van der Waals surface area (Å²) in [5.41, 5.74) is 0. The topological polar surface area (TPSA) is 74.2 Å². The Morgan fingerprint density at radius 1 is 1.06 bits per heavy atom. The lowest BCUT2D eigenvalue weighted by atomic mass is 10.2. The molecule has 0 aromatic rings. The summed E-state index contributed by atoms with van der Waals surface area (Å²) in [5.74, 6) is 0. The van der Waals surface area contributed by atoms with Gasteiger partial charge in [-0.3, -0.25) is 0 Å². The normalized spacial score (nSPS) is 13.8. The Morgan fingerprint density at radius 3 is 1.72 bits per heavy atom. The fraction of sp³-hybridized carbons (Fsp3) is 1.00. The van der Waals surface area contributed by atoms with Crippen LogP contribution in [0.2, 0.25) is 5.04 Å². The predicted molar refractivity (Wildman–Crippen MR) is 70.5 cm³/mol. The molecule has 0 saturated heterocycles. The van der Waals surface area contributed by atoms with Gasteiger partial charge in [0.25, 0.3) is 0 Å². The summed E-state index contributed by atoms with van der Waals surface area (Å²) in [6.45, 7) is 10.7. The van der Waals surface area contributed by atoms with Gasteiger partial charge in [-0.25, -0.2) is 0 Å². The van der Waals surface area contributed by atoms with Gasteiger partial charge in [0.2, 0.25) is 0 Å². The maximum absolute atomic E-state index is 10.7. The molecule has 0 rings (SSSR count). The van der Waals surface area contributed by atoms with Gasteiger partial charge in [0.15, 0.2) is 0 Å². The SMILES string of the molecule is CCO[Si](OCC)(OCC)C(C)(C)CO[P+](=O)O. The summed E-state index contributed by atoms with van der Waals surface area (Å²) in [6, 6.07) is 0. The second-order valence-corrected chi connectivity index (χ2v) is 8.32. The van der Waals surface area contributed by atoms with E-state index in [4.69, 9.17) is 22.7 Å². The summed E-state index contributed by atoms with van der Waals surface area (Å²) < 4.78 is 32.7. The summed E-state index contributed by atoms with van der Waals surface area (Å²) in [4.78, 5) is 8.75. The van der Waals surface area contributed by atoms with E-state index in [1.54, 1.807) is 0 Å². The lowest BCUT2D eigenvalue weighted by Crippen LogP contribution is -2.56. The Kier molecular flexibility index (Phi) is 8.37. The van der Waals surface area contributed by atoms with Crippen molar-refractivity contribution in [2.24, 2.45) is 0 Å². The van der Waals surface area contributed by atoms with E-state index in [1.165, 1.54) is 0 Å². The molecule has 0 aromatic carbocycles. The van der Waals surface area contributed by atoms with E-state index in [9.17, 15) is 4.57 Å². The molecule has 0 saturated carbocycles. The van der Waals surface area contributed by atoms with Gasteiger partial charge in [-0.2, -0.15) is 0 Å². The largest absolute Gasteiger partial charge is 0.694 e. The Hall–Kier alpha value is 0.117. The zero-order chi connectivity index (χ0) is 14.2. The van der Waals surface area contributed by atoms with Crippen LogP contribution in [0.3, 0.4) is 0 Å². The first kappa shape index (κ1) is 18.1. The predicted octanol–water partition coefficient (Wildman–Crippen LogP) is 2.48. The van der Waals surface area contributed by atoms with Gasteiger partial charge in [0.1, 0.15) is 6.61 Å². The van der Waals surface area contributed by atoms with Crippen molar-refractivity contribution in [3.8, 4) is 0 Å². The molecule has 0 spiro atoms. The van der Waals surface area contributed by atoms with Crippen LogP contribution >= 0.6 is 8.25 Å². The zero-order valence-electron chi connectivity index (χ0n) is 11.8. The van der Waals surface area contributed by atoms with Crippen molar-refractivity contribution in [2.75, 3.05) is 26.4 Å². The van der Waals surface area contributed by atoms with E-state index in [1.807, 2.05) is 34.6 Å². The van der Waals surface area contributed by atoms with Crippen LogP contribution < -0.4 is 0 Å². The molecule has 108 valence electrons. The standard InChI is InChI=1S/C10H23O6PSi/c1-6-14-18(15-7-2,16-8-3)10(4,5)9-13-17(11)12/h6-9H2,1-5H3/p+1. The number of rotatable bonds is 10. The van der Waals surface area contributed by atoms with E-state index in [0.29, 0.717) is 19.8 Å². The highest BCUT2D eigenvalue weighted by atomic mass is 31.1. The van der Waals surface area contributed by atoms with Crippen LogP contribution in [0.25, 0.3) is 0 Å². The van der Waals surface area contributed by atoms with Crippen LogP contribution in [0.5, 0.6) is 0 Å². The van der Waals surface area contributed by atoms with E-state index in [2.05, 4.69) is 0 Å². The fourth-order valence-electron chi connectivity index (χ4n) is 1.59. The van der Waals surface area contributed by atoms with Gasteiger partial charge < -0.3 is 13.3 Å². The molecular weight excluding hydrogens is 275 g/mol. The fourth-order valence-corrected chi connectivity index (χ4v) is 4.95. The molecule has 18 heavy (non-hydrogen) atoms. The molecule has 0 aliphatic heterocycles. The Labute approximate surface area is 111 Å². The molecule has 0 bridgehead atoms. The first-order valence-electron chi connectivity index (χ1n) is 6.06. The third-order valence-electron chi connectivity index (χ3n) is 2.37. The highest BCUT2D eigenvalue weighted by molar-refractivity contribution is 7.32. The molecule has 1 atom stereocenters. The molecule has 0 radical (unpaired) electrons. The second-order valence-electron chi connectivity index (χ2n) is 4.25. The molecular formula is C10H24O6PSi+. The molecule has 0 amide bonds. The van der Waals surface area contributed by atoms with E-state index < -0.39 is 22.1 Å². The first-order valence-corrected chi connectivity index (χ1v) is 8.91. The van der Waals surface area contributed by atoms with E-state index in [0.717, 1.165) is 0 Å². The van der Waals surface area contributed by atoms with Gasteiger partial charge in [0.05, 0.1) is 5.04 Å². The van der Waals surface area contributed by atoms with Gasteiger partial charge >= 0.3 is 17.1 Å². The molecule has 0 aliphatic rings. The molecule has 1 N–H and O–H groups in total. The maximum atomic E-state index is 10.7. The highest BCUT2D eigenvalue weighted by Crippen LogP contribution is 2.41. The van der Waals surface area contributed by atoms with Crippen molar-refractivity contribution >= 4 is 17.1 Å². The minimum atomic E-state index is -2.95. The van der Waals surface area contributed by atoms with E-state index in [-0.39, 0.29) is 6.61 Å². The average molecular weight is 299 g/mol. The molecule has 0 aliphatic carbocycles. The summed E-state index contributed by atoms with van der Waals surface area (Å²) in [7, 11) is -5.59. The Morgan fingerprint density at radius 2 is 1.44 bits per heavy atom. The van der Waals surface area contributed by atoms with Crippen molar-refractivity contribution in [2.45, 2.75) is 39.7 Å². The van der Waals surface area contributed by atoms with Crippen LogP contribution in [0.4, 0.5) is 0 Å². The summed E-state index contributed by atoms with van der Waals surface area (Å²) in [5, 5.41) is -0.594. The van der Waals surface area contributed by atoms with Crippen LogP contribution in [0.1, 0.15) is 34.6 Å². The quantitative estimate of drug-likeness (QED) is 0.493. The minimum absolute atomic E-state index is 0.0466. The lowest BCUT2D eigenvalue weighted by molar-refractivity contribution is 0.0386. The molecule has 0 aromatic heterocycles. The summed E-state index contributed by atoms with van der Waals surface area (Å²) in [6.07, 6.45) is 0. The van der Waals surface area contributed by atoms with Crippen LogP contribution in [-0.2, 0) is 22.4 Å². The van der Waals surface area contributed by atoms with Gasteiger partial charge in [0, 0.05) is 24.4 Å². The third kappa shape index (κ3) is 5.01. The average Bonchev–Trinajstić information content (AvgIpc) is 2.27. The second kappa shape index (κ2) is 8.32. The minimum Gasteiger partial charge on any atom is -0.373 e. The number of hydrogen-bond donors (Lipinski definition) is 1. The van der Waals surface area contributed by atoms with Crippen LogP contribution in [0.15, 0.2) is 0 Å². The van der Waals surface area contributed by atoms with Gasteiger partial charge in [-0.05, 0) is 20.8 Å². The van der Waals surface area contributed by atoms with Crippen molar-refractivity contribution in [3.63, 3.8) is 0 Å². The Bertz CT molecular complexity index is 244. The van der Waals surface area contributed by atoms with Crippen molar-refractivity contribution < 1.29 is 27.3 Å².